The fourth-order valence-corrected chi connectivity index (χ4v) is 10.6. The van der Waals surface area contributed by atoms with Crippen LogP contribution >= 0.6 is 0 Å². The topological polar surface area (TPSA) is 21.3 Å². The Kier molecular flexibility index (Phi) is 9.84. The van der Waals surface area contributed by atoms with Gasteiger partial charge in [0.2, 0.25) is 0 Å². The van der Waals surface area contributed by atoms with Crippen molar-refractivity contribution in [3.8, 4) is 61.3 Å². The summed E-state index contributed by atoms with van der Waals surface area (Å²) in [6.45, 7) is 0. The molecule has 2 aromatic heterocycles. The summed E-state index contributed by atoms with van der Waals surface area (Å²) in [4.78, 5) is 2.41. The second kappa shape index (κ2) is 16.9. The van der Waals surface area contributed by atoms with Crippen LogP contribution in [0.4, 0.5) is 17.1 Å². The van der Waals surface area contributed by atoms with E-state index in [2.05, 4.69) is 264 Å². The Morgan fingerprint density at radius 1 is 0.275 bits per heavy atom. The van der Waals surface area contributed by atoms with Crippen LogP contribution < -0.4 is 4.90 Å². The molecule has 0 radical (unpaired) electrons. The van der Waals surface area contributed by atoms with Gasteiger partial charge in [-0.15, -0.1) is 0 Å². The summed E-state index contributed by atoms with van der Waals surface area (Å²) in [7, 11) is 0. The van der Waals surface area contributed by atoms with Gasteiger partial charge >= 0.3 is 0 Å². The Morgan fingerprint density at radius 3 is 1.38 bits per heavy atom. The predicted molar refractivity (Wildman–Crippen MR) is 290 cm³/mol. The van der Waals surface area contributed by atoms with Gasteiger partial charge in [0.15, 0.2) is 0 Å². The number of rotatable bonds is 9. The minimum Gasteiger partial charge on any atom is -0.456 e. The quantitative estimate of drug-likeness (QED) is 0.144. The molecule has 69 heavy (non-hydrogen) atoms. The highest BCUT2D eigenvalue weighted by atomic mass is 16.3. The van der Waals surface area contributed by atoms with Crippen molar-refractivity contribution in [2.45, 2.75) is 0 Å². The zero-order valence-corrected chi connectivity index (χ0v) is 37.7. The van der Waals surface area contributed by atoms with Gasteiger partial charge in [-0.2, -0.15) is 0 Å². The van der Waals surface area contributed by atoms with Gasteiger partial charge in [-0.3, -0.25) is 0 Å². The van der Waals surface area contributed by atoms with Gasteiger partial charge in [0.25, 0.3) is 0 Å². The van der Waals surface area contributed by atoms with Crippen molar-refractivity contribution in [2.75, 3.05) is 4.90 Å². The lowest BCUT2D eigenvalue weighted by Gasteiger charge is -2.29. The smallest absolute Gasteiger partial charge is 0.136 e. The molecular weight excluding hydrogens is 837 g/mol. The third-order valence-corrected chi connectivity index (χ3v) is 13.7. The van der Waals surface area contributed by atoms with Crippen molar-refractivity contribution in [3.05, 3.63) is 267 Å². The lowest BCUT2D eigenvalue weighted by atomic mass is 9.88. The number of aromatic nitrogens is 1. The van der Waals surface area contributed by atoms with E-state index in [-0.39, 0.29) is 0 Å². The summed E-state index contributed by atoms with van der Waals surface area (Å²) in [6, 6.07) is 96.1. The average molecular weight is 881 g/mol. The van der Waals surface area contributed by atoms with E-state index in [0.29, 0.717) is 0 Å². The molecule has 0 aliphatic heterocycles. The molecule has 13 rings (SSSR count). The largest absolute Gasteiger partial charge is 0.456 e. The van der Waals surface area contributed by atoms with E-state index in [1.54, 1.807) is 0 Å². The maximum atomic E-state index is 6.32. The van der Waals surface area contributed by atoms with Crippen LogP contribution in [0.25, 0.3) is 105 Å². The molecule has 11 aromatic carbocycles. The number of furan rings is 1. The molecule has 0 aliphatic rings. The molecule has 13 aromatic rings. The third-order valence-electron chi connectivity index (χ3n) is 13.7. The standard InChI is InChI=1S/C66H44N2O/c1-2-19-45(20-3-1)50-21-4-5-23-53(50)54-24-6-7-25-55(54)56-26-9-14-32-61(56)67(49-43-39-47(40-44-49)52-30-18-36-65-66(52)59-29-12-17-35-64(59)69-65)48-41-37-46(38-42-48)51-22-8-13-31-60(51)68-62-33-15-10-27-57(62)58-28-11-16-34-63(58)68/h1-44H. The maximum absolute atomic E-state index is 6.32. The molecule has 0 saturated carbocycles. The van der Waals surface area contributed by atoms with Crippen LogP contribution in [0.15, 0.2) is 271 Å². The molecule has 0 N–H and O–H groups in total. The molecule has 0 saturated heterocycles. The second-order valence-electron chi connectivity index (χ2n) is 17.6. The molecule has 3 nitrogen and oxygen atoms in total. The van der Waals surface area contributed by atoms with Gasteiger partial charge < -0.3 is 13.9 Å². The van der Waals surface area contributed by atoms with Gasteiger partial charge in [0, 0.05) is 44.0 Å². The molecule has 0 bridgehead atoms. The first-order valence-corrected chi connectivity index (χ1v) is 23.6. The first-order valence-electron chi connectivity index (χ1n) is 23.6. The Morgan fingerprint density at radius 2 is 0.710 bits per heavy atom. The number of benzene rings is 11. The van der Waals surface area contributed by atoms with Crippen molar-refractivity contribution >= 4 is 60.8 Å². The molecule has 0 spiro atoms. The average Bonchev–Trinajstić information content (AvgIpc) is 3.98. The summed E-state index contributed by atoms with van der Waals surface area (Å²) < 4.78 is 8.73. The zero-order valence-electron chi connectivity index (χ0n) is 37.7. The van der Waals surface area contributed by atoms with Crippen LogP contribution in [0.5, 0.6) is 0 Å². The number of para-hydroxylation sites is 5. The number of nitrogens with zero attached hydrogens (tertiary/aromatic N) is 2. The monoisotopic (exact) mass is 880 g/mol. The third kappa shape index (κ3) is 6.91. The molecule has 0 fully saturated rings. The van der Waals surface area contributed by atoms with E-state index < -0.39 is 0 Å². The number of hydrogen-bond donors (Lipinski definition) is 0. The number of fused-ring (bicyclic) bond motifs is 6. The second-order valence-corrected chi connectivity index (χ2v) is 17.6. The van der Waals surface area contributed by atoms with Gasteiger partial charge in [-0.25, -0.2) is 0 Å². The number of hydrogen-bond acceptors (Lipinski definition) is 2. The van der Waals surface area contributed by atoms with E-state index in [1.165, 1.54) is 49.6 Å². The molecule has 0 amide bonds. The Bertz CT molecular complexity index is 3960. The summed E-state index contributed by atoms with van der Waals surface area (Å²) in [5, 5.41) is 4.75. The fourth-order valence-electron chi connectivity index (χ4n) is 10.6. The molecule has 3 heteroatoms. The van der Waals surface area contributed by atoms with Crippen LogP contribution in [0, 0.1) is 0 Å². The highest BCUT2D eigenvalue weighted by molar-refractivity contribution is 6.13. The molecular formula is C66H44N2O. The number of anilines is 3. The first-order chi connectivity index (χ1) is 34.3. The lowest BCUT2D eigenvalue weighted by Crippen LogP contribution is -2.11. The summed E-state index contributed by atoms with van der Waals surface area (Å²) in [5.74, 6) is 0. The van der Waals surface area contributed by atoms with Crippen molar-refractivity contribution in [2.24, 2.45) is 0 Å². The van der Waals surface area contributed by atoms with E-state index in [0.717, 1.165) is 72.5 Å². The molecule has 0 atom stereocenters. The van der Waals surface area contributed by atoms with Gasteiger partial charge in [-0.1, -0.05) is 206 Å². The van der Waals surface area contributed by atoms with Crippen LogP contribution in [0.1, 0.15) is 0 Å². The van der Waals surface area contributed by atoms with E-state index in [9.17, 15) is 0 Å². The summed E-state index contributed by atoms with van der Waals surface area (Å²) >= 11 is 0. The summed E-state index contributed by atoms with van der Waals surface area (Å²) in [6.07, 6.45) is 0. The van der Waals surface area contributed by atoms with E-state index in [4.69, 9.17) is 4.42 Å². The maximum Gasteiger partial charge on any atom is 0.136 e. The minimum absolute atomic E-state index is 0.889. The lowest BCUT2D eigenvalue weighted by molar-refractivity contribution is 0.669. The SMILES string of the molecule is c1ccc(-c2ccccc2-c2ccccc2-c2ccccc2N(c2ccc(-c3ccccc3-n3c4ccccc4c4ccccc43)cc2)c2ccc(-c3cccc4oc5ccccc5c34)cc2)cc1. The summed E-state index contributed by atoms with van der Waals surface area (Å²) in [5.41, 5.74) is 20.1. The Balaban J connectivity index is 0.969. The first kappa shape index (κ1) is 40.1. The van der Waals surface area contributed by atoms with Crippen LogP contribution in [-0.2, 0) is 0 Å². The van der Waals surface area contributed by atoms with Gasteiger partial charge in [0.1, 0.15) is 11.2 Å². The zero-order chi connectivity index (χ0) is 45.7. The Hall–Kier alpha value is -9.18. The van der Waals surface area contributed by atoms with Gasteiger partial charge in [-0.05, 0) is 105 Å². The van der Waals surface area contributed by atoms with Gasteiger partial charge in [0.05, 0.1) is 22.4 Å². The molecule has 324 valence electrons. The Labute approximate surface area is 401 Å². The normalized spacial score (nSPS) is 11.5. The highest BCUT2D eigenvalue weighted by Crippen LogP contribution is 2.47. The predicted octanol–water partition coefficient (Wildman–Crippen LogP) is 18.5. The van der Waals surface area contributed by atoms with Crippen LogP contribution in [-0.4, -0.2) is 4.57 Å². The highest BCUT2D eigenvalue weighted by Gasteiger charge is 2.22. The molecule has 2 heterocycles. The van der Waals surface area contributed by atoms with Crippen molar-refractivity contribution in [3.63, 3.8) is 0 Å². The molecule has 0 unspecified atom stereocenters. The minimum atomic E-state index is 0.889. The molecule has 0 aliphatic carbocycles. The van der Waals surface area contributed by atoms with E-state index in [1.807, 2.05) is 12.1 Å². The van der Waals surface area contributed by atoms with Crippen LogP contribution in [0.3, 0.4) is 0 Å². The fraction of sp³-hybridized carbons (Fsp3) is 0. The van der Waals surface area contributed by atoms with Crippen LogP contribution in [0.2, 0.25) is 0 Å². The van der Waals surface area contributed by atoms with Crippen molar-refractivity contribution < 1.29 is 4.42 Å². The van der Waals surface area contributed by atoms with E-state index >= 15 is 0 Å². The van der Waals surface area contributed by atoms with Crippen molar-refractivity contribution in [1.29, 1.82) is 0 Å². The van der Waals surface area contributed by atoms with Crippen molar-refractivity contribution in [1.82, 2.24) is 4.57 Å².